The Bertz CT molecular complexity index is 1270. The second kappa shape index (κ2) is 12.7. The highest BCUT2D eigenvalue weighted by atomic mass is 16.6. The third-order valence-electron chi connectivity index (χ3n) is 4.81. The van der Waals surface area contributed by atoms with Gasteiger partial charge in [0.25, 0.3) is 0 Å². The van der Waals surface area contributed by atoms with Gasteiger partial charge < -0.3 is 23.7 Å². The largest absolute Gasteiger partial charge is 0.457 e. The first-order valence-electron chi connectivity index (χ1n) is 11.5. The summed E-state index contributed by atoms with van der Waals surface area (Å²) in [5.74, 6) is -3.62. The van der Waals surface area contributed by atoms with Gasteiger partial charge in [-0.25, -0.2) is 0 Å². The zero-order chi connectivity index (χ0) is 27.9. The summed E-state index contributed by atoms with van der Waals surface area (Å²) in [6.07, 6.45) is 1.12. The average molecular weight is 515 g/mol. The van der Waals surface area contributed by atoms with Gasteiger partial charge in [-0.3, -0.25) is 24.0 Å². The van der Waals surface area contributed by atoms with Crippen LogP contribution in [0.25, 0.3) is 10.8 Å². The van der Waals surface area contributed by atoms with Crippen molar-refractivity contribution < 1.29 is 47.7 Å². The molecule has 0 radical (unpaired) electrons. The van der Waals surface area contributed by atoms with Crippen molar-refractivity contribution in [3.63, 3.8) is 0 Å². The molecule has 2 rings (SSSR count). The molecule has 10 nitrogen and oxygen atoms in total. The lowest BCUT2D eigenvalue weighted by Gasteiger charge is -2.23. The molecule has 0 saturated heterocycles. The minimum Gasteiger partial charge on any atom is -0.457 e. The van der Waals surface area contributed by atoms with Gasteiger partial charge in [-0.1, -0.05) is 18.6 Å². The summed E-state index contributed by atoms with van der Waals surface area (Å²) < 4.78 is 27.4. The molecule has 198 valence electrons. The number of allylic oxidation sites excluding steroid dienone is 1. The Balaban J connectivity index is 3.12. The molecule has 1 atom stereocenters. The van der Waals surface area contributed by atoms with E-state index in [1.807, 2.05) is 19.9 Å². The number of hydrogen-bond acceptors (Lipinski definition) is 10. The molecule has 0 heterocycles. The van der Waals surface area contributed by atoms with Gasteiger partial charge >= 0.3 is 29.8 Å². The molecule has 0 fully saturated rings. The van der Waals surface area contributed by atoms with Crippen molar-refractivity contribution in [2.45, 2.75) is 67.4 Å². The van der Waals surface area contributed by atoms with Crippen molar-refractivity contribution in [1.29, 1.82) is 0 Å². The first-order valence-corrected chi connectivity index (χ1v) is 11.5. The first-order chi connectivity index (χ1) is 17.3. The monoisotopic (exact) mass is 514 g/mol. The number of hydrogen-bond donors (Lipinski definition) is 0. The molecule has 0 amide bonds. The van der Waals surface area contributed by atoms with E-state index in [9.17, 15) is 24.0 Å². The van der Waals surface area contributed by atoms with Gasteiger partial charge in [-0.2, -0.15) is 0 Å². The average Bonchev–Trinajstić information content (AvgIpc) is 2.77. The van der Waals surface area contributed by atoms with Crippen LogP contribution in [-0.4, -0.2) is 29.8 Å². The number of ether oxygens (including phenoxy) is 5. The Labute approximate surface area is 214 Å². The van der Waals surface area contributed by atoms with Crippen LogP contribution < -0.4 is 18.9 Å². The topological polar surface area (TPSA) is 132 Å². The van der Waals surface area contributed by atoms with E-state index in [1.165, 1.54) is 45.9 Å². The molecule has 0 N–H and O–H groups in total. The van der Waals surface area contributed by atoms with Gasteiger partial charge in [-0.15, -0.1) is 0 Å². The van der Waals surface area contributed by atoms with Crippen molar-refractivity contribution in [2.24, 2.45) is 0 Å². The lowest BCUT2D eigenvalue weighted by atomic mass is 9.96. The van der Waals surface area contributed by atoms with E-state index in [-0.39, 0.29) is 52.2 Å². The van der Waals surface area contributed by atoms with Crippen molar-refractivity contribution in [3.8, 4) is 23.0 Å². The van der Waals surface area contributed by atoms with Crippen LogP contribution >= 0.6 is 0 Å². The molecule has 0 aliphatic heterocycles. The third-order valence-corrected chi connectivity index (χ3v) is 4.81. The zero-order valence-corrected chi connectivity index (χ0v) is 21.9. The van der Waals surface area contributed by atoms with Crippen LogP contribution in [0.15, 0.2) is 29.8 Å². The normalized spacial score (nSPS) is 11.2. The van der Waals surface area contributed by atoms with Crippen LogP contribution in [0.3, 0.4) is 0 Å². The highest BCUT2D eigenvalue weighted by Gasteiger charge is 2.29. The SMILES string of the molecule is CCC(=O)OC(CC=C(C)C)c1cc(OC(C)=O)c2c(OC(C)=O)ccc(OC(C)=O)c2c1OC(C)=O. The molecule has 0 saturated carbocycles. The number of carbonyl (C=O) groups excluding carboxylic acids is 5. The quantitative estimate of drug-likeness (QED) is 0.259. The van der Waals surface area contributed by atoms with Crippen molar-refractivity contribution in [3.05, 3.63) is 35.4 Å². The van der Waals surface area contributed by atoms with Crippen LogP contribution in [0, 0.1) is 0 Å². The van der Waals surface area contributed by atoms with Crippen molar-refractivity contribution in [2.75, 3.05) is 0 Å². The highest BCUT2D eigenvalue weighted by Crippen LogP contribution is 2.49. The molecule has 10 heteroatoms. The molecule has 1 unspecified atom stereocenters. The molecule has 2 aromatic carbocycles. The fraction of sp³-hybridized carbons (Fsp3) is 0.370. The maximum absolute atomic E-state index is 12.3. The van der Waals surface area contributed by atoms with Crippen LogP contribution in [-0.2, 0) is 28.7 Å². The maximum Gasteiger partial charge on any atom is 0.308 e. The Morgan fingerprint density at radius 3 is 1.68 bits per heavy atom. The lowest BCUT2D eigenvalue weighted by molar-refractivity contribution is -0.149. The van der Waals surface area contributed by atoms with Crippen LogP contribution in [0.5, 0.6) is 23.0 Å². The summed E-state index contributed by atoms with van der Waals surface area (Å²) in [6, 6.07) is 4.07. The van der Waals surface area contributed by atoms with Gasteiger partial charge in [0.2, 0.25) is 0 Å². The van der Waals surface area contributed by atoms with E-state index < -0.39 is 36.0 Å². The molecular formula is C27H30O10. The molecule has 0 bridgehead atoms. The van der Waals surface area contributed by atoms with Crippen LogP contribution in [0.4, 0.5) is 0 Å². The standard InChI is InChI=1S/C27H30O10/c1-8-24(32)37-20(10-9-14(2)3)19-13-23(35-17(6)30)25-21(33-15(4)28)11-12-22(34-16(5)29)26(25)27(19)36-18(7)31/h9,11-13,20H,8,10H2,1-7H3. The van der Waals surface area contributed by atoms with Crippen molar-refractivity contribution >= 4 is 40.6 Å². The number of esters is 5. The maximum atomic E-state index is 12.3. The Morgan fingerprint density at radius 1 is 0.730 bits per heavy atom. The van der Waals surface area contributed by atoms with E-state index >= 15 is 0 Å². The summed E-state index contributed by atoms with van der Waals surface area (Å²) >= 11 is 0. The minimum atomic E-state index is -0.974. The number of fused-ring (bicyclic) bond motifs is 1. The van der Waals surface area contributed by atoms with Gasteiger partial charge in [-0.05, 0) is 32.0 Å². The second-order valence-electron chi connectivity index (χ2n) is 8.33. The fourth-order valence-corrected chi connectivity index (χ4v) is 3.49. The first kappa shape index (κ1) is 29.0. The minimum absolute atomic E-state index is 0.00708. The molecule has 2 aromatic rings. The molecule has 37 heavy (non-hydrogen) atoms. The molecular weight excluding hydrogens is 484 g/mol. The molecule has 0 aromatic heterocycles. The molecule has 0 aliphatic carbocycles. The van der Waals surface area contributed by atoms with Gasteiger partial charge in [0.05, 0.1) is 10.8 Å². The summed E-state index contributed by atoms with van der Waals surface area (Å²) in [5.41, 5.74) is 1.11. The fourth-order valence-electron chi connectivity index (χ4n) is 3.49. The third kappa shape index (κ3) is 7.89. The summed E-state index contributed by atoms with van der Waals surface area (Å²) in [7, 11) is 0. The molecule has 0 aliphatic rings. The predicted molar refractivity (Wildman–Crippen MR) is 132 cm³/mol. The number of rotatable bonds is 9. The molecule has 0 spiro atoms. The van der Waals surface area contributed by atoms with E-state index in [1.54, 1.807) is 6.92 Å². The zero-order valence-electron chi connectivity index (χ0n) is 21.9. The summed E-state index contributed by atoms with van der Waals surface area (Å²) in [4.78, 5) is 60.3. The predicted octanol–water partition coefficient (Wildman–Crippen LogP) is 4.89. The number of carbonyl (C=O) groups is 5. The summed E-state index contributed by atoms with van der Waals surface area (Å²) in [6.45, 7) is 10.0. The summed E-state index contributed by atoms with van der Waals surface area (Å²) in [5, 5.41) is 0.0413. The number of benzene rings is 2. The lowest BCUT2D eigenvalue weighted by Crippen LogP contribution is -2.15. The Kier molecular flexibility index (Phi) is 9.93. The Morgan fingerprint density at radius 2 is 1.22 bits per heavy atom. The van der Waals surface area contributed by atoms with Crippen LogP contribution in [0.1, 0.15) is 73.0 Å². The second-order valence-corrected chi connectivity index (χ2v) is 8.33. The van der Waals surface area contributed by atoms with Crippen LogP contribution in [0.2, 0.25) is 0 Å². The smallest absolute Gasteiger partial charge is 0.308 e. The van der Waals surface area contributed by atoms with Gasteiger partial charge in [0.15, 0.2) is 0 Å². The van der Waals surface area contributed by atoms with E-state index in [0.717, 1.165) is 5.57 Å². The van der Waals surface area contributed by atoms with Gasteiger partial charge in [0.1, 0.15) is 29.1 Å². The van der Waals surface area contributed by atoms with E-state index in [2.05, 4.69) is 0 Å². The Hall–Kier alpha value is -4.21. The van der Waals surface area contributed by atoms with E-state index in [0.29, 0.717) is 0 Å². The van der Waals surface area contributed by atoms with Crippen molar-refractivity contribution in [1.82, 2.24) is 0 Å². The van der Waals surface area contributed by atoms with E-state index in [4.69, 9.17) is 23.7 Å². The highest BCUT2D eigenvalue weighted by molar-refractivity contribution is 6.06. The van der Waals surface area contributed by atoms with Gasteiger partial charge in [0, 0.05) is 46.1 Å².